The van der Waals surface area contributed by atoms with E-state index in [1.54, 1.807) is 0 Å². The van der Waals surface area contributed by atoms with E-state index in [0.29, 0.717) is 11.3 Å². The fourth-order valence-electron chi connectivity index (χ4n) is 1.23. The van der Waals surface area contributed by atoms with Gasteiger partial charge in [-0.15, -0.1) is 18.2 Å². The molecule has 0 N–H and O–H groups in total. The maximum Gasteiger partial charge on any atom is 0.0310 e. The van der Waals surface area contributed by atoms with Crippen LogP contribution in [0.5, 0.6) is 0 Å². The molecule has 0 nitrogen and oxygen atoms in total. The third-order valence-corrected chi connectivity index (χ3v) is 1.60. The summed E-state index contributed by atoms with van der Waals surface area (Å²) in [5, 5.41) is 0.300. The van der Waals surface area contributed by atoms with Crippen LogP contribution in [0.15, 0.2) is 12.2 Å². The molecule has 0 aliphatic heterocycles. The smallest absolute Gasteiger partial charge is 0.0310 e. The van der Waals surface area contributed by atoms with Crippen molar-refractivity contribution in [3.8, 4) is 0 Å². The zero-order valence-corrected chi connectivity index (χ0v) is 7.91. The van der Waals surface area contributed by atoms with Crippen molar-refractivity contribution in [2.75, 3.05) is 0 Å². The van der Waals surface area contributed by atoms with Crippen molar-refractivity contribution in [3.63, 3.8) is 0 Å². The second-order valence-corrected chi connectivity index (χ2v) is 4.03. The summed E-state index contributed by atoms with van der Waals surface area (Å²) in [6, 6.07) is 0. The third kappa shape index (κ3) is 6.15. The summed E-state index contributed by atoms with van der Waals surface area (Å²) < 4.78 is 0. The van der Waals surface area contributed by atoms with Gasteiger partial charge in [0, 0.05) is 5.38 Å². The van der Waals surface area contributed by atoms with E-state index >= 15 is 0 Å². The Kier molecular flexibility index (Phi) is 4.80. The predicted molar refractivity (Wildman–Crippen MR) is 48.5 cm³/mol. The maximum atomic E-state index is 5.83. The largest absolute Gasteiger partial charge is 0.123 e. The van der Waals surface area contributed by atoms with Crippen molar-refractivity contribution in [3.05, 3.63) is 12.2 Å². The Morgan fingerprint density at radius 3 is 2.30 bits per heavy atom. The fourth-order valence-corrected chi connectivity index (χ4v) is 1.54. The lowest BCUT2D eigenvalue weighted by atomic mass is 9.98. The van der Waals surface area contributed by atoms with Crippen LogP contribution in [0, 0.1) is 5.92 Å². The lowest BCUT2D eigenvalue weighted by Gasteiger charge is -2.11. The first-order valence-corrected chi connectivity index (χ1v) is 4.24. The molecule has 2 unspecified atom stereocenters. The van der Waals surface area contributed by atoms with Crippen molar-refractivity contribution in [2.24, 2.45) is 5.92 Å². The van der Waals surface area contributed by atoms with E-state index in [1.165, 1.54) is 5.57 Å². The number of alkyl halides is 1. The Hall–Kier alpha value is 0.0300. The van der Waals surface area contributed by atoms with E-state index in [-0.39, 0.29) is 0 Å². The van der Waals surface area contributed by atoms with Gasteiger partial charge in [-0.1, -0.05) is 12.5 Å². The van der Waals surface area contributed by atoms with Gasteiger partial charge in [-0.05, 0) is 32.6 Å². The molecular weight excluding hydrogens is 144 g/mol. The van der Waals surface area contributed by atoms with Crippen LogP contribution in [0.25, 0.3) is 0 Å². The lowest BCUT2D eigenvalue weighted by Crippen LogP contribution is -2.01. The lowest BCUT2D eigenvalue weighted by molar-refractivity contribution is 0.525. The zero-order chi connectivity index (χ0) is 8.15. The molecule has 0 saturated heterocycles. The van der Waals surface area contributed by atoms with Crippen molar-refractivity contribution in [1.82, 2.24) is 0 Å². The Morgan fingerprint density at radius 2 is 2.00 bits per heavy atom. The molecule has 0 heterocycles. The zero-order valence-electron chi connectivity index (χ0n) is 7.15. The molecule has 0 fully saturated rings. The molecule has 0 rings (SSSR count). The minimum atomic E-state index is 0.300. The van der Waals surface area contributed by atoms with Gasteiger partial charge in [-0.3, -0.25) is 0 Å². The average molecular weight is 161 g/mol. The summed E-state index contributed by atoms with van der Waals surface area (Å²) >= 11 is 5.83. The highest BCUT2D eigenvalue weighted by Crippen LogP contribution is 2.17. The molecule has 0 aromatic carbocycles. The summed E-state index contributed by atoms with van der Waals surface area (Å²) in [5.74, 6) is 0.685. The SMILES string of the molecule is C=C(C)CC(C)CC(C)Cl. The fraction of sp³-hybridized carbons (Fsp3) is 0.778. The van der Waals surface area contributed by atoms with Crippen LogP contribution in [0.2, 0.25) is 0 Å². The molecule has 0 saturated carbocycles. The molecule has 0 amide bonds. The Balaban J connectivity index is 3.43. The molecule has 60 valence electrons. The second kappa shape index (κ2) is 4.79. The standard InChI is InChI=1S/C9H17Cl/c1-7(2)5-8(3)6-9(4)10/h8-9H,1,5-6H2,2-4H3. The van der Waals surface area contributed by atoms with Crippen molar-refractivity contribution < 1.29 is 0 Å². The van der Waals surface area contributed by atoms with Crippen LogP contribution in [-0.2, 0) is 0 Å². The molecular formula is C9H17Cl. The van der Waals surface area contributed by atoms with Crippen LogP contribution in [0.1, 0.15) is 33.6 Å². The highest BCUT2D eigenvalue weighted by molar-refractivity contribution is 6.20. The molecule has 0 bridgehead atoms. The topological polar surface area (TPSA) is 0 Å². The van der Waals surface area contributed by atoms with Crippen LogP contribution >= 0.6 is 11.6 Å². The summed E-state index contributed by atoms with van der Waals surface area (Å²) in [5.41, 5.74) is 1.25. The van der Waals surface area contributed by atoms with E-state index in [4.69, 9.17) is 11.6 Å². The van der Waals surface area contributed by atoms with Gasteiger partial charge in [-0.25, -0.2) is 0 Å². The molecule has 0 aliphatic carbocycles. The molecule has 10 heavy (non-hydrogen) atoms. The number of rotatable bonds is 4. The molecule has 1 heteroatoms. The molecule has 0 spiro atoms. The summed E-state index contributed by atoms with van der Waals surface area (Å²) in [7, 11) is 0. The van der Waals surface area contributed by atoms with Crippen LogP contribution in [-0.4, -0.2) is 5.38 Å². The highest BCUT2D eigenvalue weighted by Gasteiger charge is 2.05. The Morgan fingerprint density at radius 1 is 1.50 bits per heavy atom. The number of halogens is 1. The first-order valence-electron chi connectivity index (χ1n) is 3.80. The van der Waals surface area contributed by atoms with Gasteiger partial charge in [0.25, 0.3) is 0 Å². The number of hydrogen-bond donors (Lipinski definition) is 0. The summed E-state index contributed by atoms with van der Waals surface area (Å²) in [4.78, 5) is 0. The van der Waals surface area contributed by atoms with Crippen molar-refractivity contribution in [1.29, 1.82) is 0 Å². The van der Waals surface area contributed by atoms with Gasteiger partial charge in [0.2, 0.25) is 0 Å². The van der Waals surface area contributed by atoms with Crippen LogP contribution in [0.4, 0.5) is 0 Å². The molecule has 0 aromatic heterocycles. The maximum absolute atomic E-state index is 5.83. The van der Waals surface area contributed by atoms with E-state index in [9.17, 15) is 0 Å². The van der Waals surface area contributed by atoms with E-state index in [1.807, 2.05) is 6.92 Å². The summed E-state index contributed by atoms with van der Waals surface area (Å²) in [6.45, 7) is 10.2. The Bertz CT molecular complexity index is 105. The monoisotopic (exact) mass is 160 g/mol. The minimum Gasteiger partial charge on any atom is -0.123 e. The van der Waals surface area contributed by atoms with Crippen molar-refractivity contribution >= 4 is 11.6 Å². The third-order valence-electron chi connectivity index (χ3n) is 1.42. The van der Waals surface area contributed by atoms with Gasteiger partial charge in [0.1, 0.15) is 0 Å². The van der Waals surface area contributed by atoms with Gasteiger partial charge >= 0.3 is 0 Å². The van der Waals surface area contributed by atoms with E-state index < -0.39 is 0 Å². The molecule has 0 aliphatic rings. The first-order chi connectivity index (χ1) is 4.52. The van der Waals surface area contributed by atoms with Crippen molar-refractivity contribution in [2.45, 2.75) is 39.0 Å². The van der Waals surface area contributed by atoms with E-state index in [2.05, 4.69) is 20.4 Å². The predicted octanol–water partition coefficient (Wildman–Crippen LogP) is 3.61. The number of allylic oxidation sites excluding steroid dienone is 1. The summed E-state index contributed by atoms with van der Waals surface area (Å²) in [6.07, 6.45) is 2.20. The molecule has 2 atom stereocenters. The second-order valence-electron chi connectivity index (χ2n) is 3.28. The normalized spacial score (nSPS) is 16.4. The molecule has 0 aromatic rings. The minimum absolute atomic E-state index is 0.300. The highest BCUT2D eigenvalue weighted by atomic mass is 35.5. The van der Waals surface area contributed by atoms with Gasteiger partial charge in [0.15, 0.2) is 0 Å². The Labute approximate surface area is 69.3 Å². The average Bonchev–Trinajstić information content (AvgIpc) is 1.58. The van der Waals surface area contributed by atoms with Gasteiger partial charge < -0.3 is 0 Å². The number of hydrogen-bond acceptors (Lipinski definition) is 0. The quantitative estimate of drug-likeness (QED) is 0.436. The van der Waals surface area contributed by atoms with Crippen LogP contribution < -0.4 is 0 Å². The van der Waals surface area contributed by atoms with Gasteiger partial charge in [0.05, 0.1) is 0 Å². The van der Waals surface area contributed by atoms with E-state index in [0.717, 1.165) is 12.8 Å². The van der Waals surface area contributed by atoms with Gasteiger partial charge in [-0.2, -0.15) is 0 Å². The van der Waals surface area contributed by atoms with Crippen LogP contribution in [0.3, 0.4) is 0 Å². The first kappa shape index (κ1) is 10.0. The molecule has 0 radical (unpaired) electrons.